The summed E-state index contributed by atoms with van der Waals surface area (Å²) in [5, 5.41) is 4.27. The maximum atomic E-state index is 5.70. The van der Waals surface area contributed by atoms with Gasteiger partial charge in [-0.1, -0.05) is 50.2 Å². The Kier molecular flexibility index (Phi) is 6.15. The maximum absolute atomic E-state index is 5.70. The SMILES string of the molecule is COc1ccc(CNC(=S)N(Cc2ccc(C(C)C)cc2)C2CC2)cc1. The Morgan fingerprint density at radius 2 is 1.69 bits per heavy atom. The highest BCUT2D eigenvalue weighted by Crippen LogP contribution is 2.29. The summed E-state index contributed by atoms with van der Waals surface area (Å²) < 4.78 is 5.21. The second-order valence-corrected chi connectivity index (χ2v) is 7.65. The van der Waals surface area contributed by atoms with Crippen molar-refractivity contribution < 1.29 is 4.74 Å². The predicted octanol–water partition coefficient (Wildman–Crippen LogP) is 4.86. The van der Waals surface area contributed by atoms with Crippen LogP contribution in [0.15, 0.2) is 48.5 Å². The molecule has 3 rings (SSSR count). The van der Waals surface area contributed by atoms with Crippen molar-refractivity contribution in [3.63, 3.8) is 0 Å². The van der Waals surface area contributed by atoms with Crippen molar-refractivity contribution in [2.75, 3.05) is 7.11 Å². The number of methoxy groups -OCH3 is 1. The minimum atomic E-state index is 0.566. The molecule has 0 unspecified atom stereocenters. The van der Waals surface area contributed by atoms with Crippen LogP contribution in [0.5, 0.6) is 5.75 Å². The van der Waals surface area contributed by atoms with Crippen LogP contribution in [0.4, 0.5) is 0 Å². The van der Waals surface area contributed by atoms with Gasteiger partial charge in [0.1, 0.15) is 5.75 Å². The zero-order valence-electron chi connectivity index (χ0n) is 15.9. The number of benzene rings is 2. The first-order valence-electron chi connectivity index (χ1n) is 9.33. The molecule has 2 aromatic carbocycles. The first-order valence-corrected chi connectivity index (χ1v) is 9.74. The lowest BCUT2D eigenvalue weighted by Crippen LogP contribution is -2.40. The fourth-order valence-electron chi connectivity index (χ4n) is 2.98. The molecule has 0 bridgehead atoms. The summed E-state index contributed by atoms with van der Waals surface area (Å²) in [6.07, 6.45) is 2.46. The van der Waals surface area contributed by atoms with E-state index in [0.29, 0.717) is 12.0 Å². The van der Waals surface area contributed by atoms with Crippen LogP contribution in [0.2, 0.25) is 0 Å². The quantitative estimate of drug-likeness (QED) is 0.706. The minimum absolute atomic E-state index is 0.566. The molecule has 0 aromatic heterocycles. The summed E-state index contributed by atoms with van der Waals surface area (Å²) in [4.78, 5) is 2.34. The Labute approximate surface area is 162 Å². The van der Waals surface area contributed by atoms with Crippen LogP contribution in [0.3, 0.4) is 0 Å². The zero-order valence-corrected chi connectivity index (χ0v) is 16.7. The number of nitrogens with one attached hydrogen (secondary N) is 1. The van der Waals surface area contributed by atoms with E-state index in [2.05, 4.69) is 60.5 Å². The van der Waals surface area contributed by atoms with E-state index in [-0.39, 0.29) is 0 Å². The maximum Gasteiger partial charge on any atom is 0.169 e. The molecule has 0 radical (unpaired) electrons. The molecule has 0 spiro atoms. The topological polar surface area (TPSA) is 24.5 Å². The van der Waals surface area contributed by atoms with Crippen LogP contribution in [0.25, 0.3) is 0 Å². The Bertz CT molecular complexity index is 721. The van der Waals surface area contributed by atoms with Gasteiger partial charge in [-0.3, -0.25) is 0 Å². The Morgan fingerprint density at radius 1 is 1.08 bits per heavy atom. The third-order valence-corrected chi connectivity index (χ3v) is 5.23. The van der Waals surface area contributed by atoms with Gasteiger partial charge in [-0.15, -0.1) is 0 Å². The summed E-state index contributed by atoms with van der Waals surface area (Å²) in [7, 11) is 1.68. The zero-order chi connectivity index (χ0) is 18.5. The molecule has 0 amide bonds. The Balaban J connectivity index is 1.59. The molecule has 3 nitrogen and oxygen atoms in total. The lowest BCUT2D eigenvalue weighted by Gasteiger charge is -2.26. The first kappa shape index (κ1) is 18.7. The summed E-state index contributed by atoms with van der Waals surface area (Å²) in [5.74, 6) is 1.44. The van der Waals surface area contributed by atoms with Gasteiger partial charge in [-0.25, -0.2) is 0 Å². The molecule has 1 aliphatic carbocycles. The van der Waals surface area contributed by atoms with Gasteiger partial charge in [0.25, 0.3) is 0 Å². The first-order chi connectivity index (χ1) is 12.6. The van der Waals surface area contributed by atoms with E-state index in [1.54, 1.807) is 7.11 Å². The van der Waals surface area contributed by atoms with E-state index >= 15 is 0 Å². The fourth-order valence-corrected chi connectivity index (χ4v) is 3.27. The van der Waals surface area contributed by atoms with Crippen LogP contribution in [-0.4, -0.2) is 23.2 Å². The molecule has 1 fully saturated rings. The number of rotatable bonds is 7. The molecular formula is C22H28N2OS. The predicted molar refractivity (Wildman–Crippen MR) is 112 cm³/mol. The molecular weight excluding hydrogens is 340 g/mol. The summed E-state index contributed by atoms with van der Waals surface area (Å²) >= 11 is 5.70. The van der Waals surface area contributed by atoms with Gasteiger partial charge in [0.2, 0.25) is 0 Å². The highest BCUT2D eigenvalue weighted by atomic mass is 32.1. The normalized spacial score (nSPS) is 13.5. The van der Waals surface area contributed by atoms with Gasteiger partial charge in [-0.2, -0.15) is 0 Å². The van der Waals surface area contributed by atoms with Crippen molar-refractivity contribution in [2.24, 2.45) is 0 Å². The third-order valence-electron chi connectivity index (χ3n) is 4.85. The molecule has 26 heavy (non-hydrogen) atoms. The van der Waals surface area contributed by atoms with Crippen LogP contribution < -0.4 is 10.1 Å². The van der Waals surface area contributed by atoms with Gasteiger partial charge in [0, 0.05) is 19.1 Å². The van der Waals surface area contributed by atoms with E-state index in [1.807, 2.05) is 12.1 Å². The van der Waals surface area contributed by atoms with Crippen LogP contribution >= 0.6 is 12.2 Å². The second kappa shape index (κ2) is 8.54. The number of hydrogen-bond acceptors (Lipinski definition) is 2. The van der Waals surface area contributed by atoms with Gasteiger partial charge in [0.05, 0.1) is 7.11 Å². The Hall–Kier alpha value is -2.07. The monoisotopic (exact) mass is 368 g/mol. The largest absolute Gasteiger partial charge is 0.497 e. The lowest BCUT2D eigenvalue weighted by molar-refractivity contribution is 0.395. The second-order valence-electron chi connectivity index (χ2n) is 7.26. The van der Waals surface area contributed by atoms with E-state index in [4.69, 9.17) is 17.0 Å². The number of hydrogen-bond donors (Lipinski definition) is 1. The molecule has 4 heteroatoms. The van der Waals surface area contributed by atoms with Crippen molar-refractivity contribution in [3.05, 3.63) is 65.2 Å². The van der Waals surface area contributed by atoms with Crippen LogP contribution in [0.1, 0.15) is 49.3 Å². The van der Waals surface area contributed by atoms with Crippen LogP contribution in [0, 0.1) is 0 Å². The third kappa shape index (κ3) is 4.98. The molecule has 0 aliphatic heterocycles. The van der Waals surface area contributed by atoms with E-state index in [0.717, 1.165) is 24.0 Å². The molecule has 0 heterocycles. The van der Waals surface area contributed by atoms with E-state index in [1.165, 1.54) is 29.5 Å². The standard InChI is InChI=1S/C22H28N2OS/c1-16(2)19-8-4-18(5-9-19)15-24(20-10-11-20)22(26)23-14-17-6-12-21(25-3)13-7-17/h4-9,12-13,16,20H,10-11,14-15H2,1-3H3,(H,23,26). The van der Waals surface area contributed by atoms with Crippen molar-refractivity contribution in [3.8, 4) is 5.75 Å². The molecule has 1 N–H and O–H groups in total. The molecule has 0 saturated heterocycles. The number of thiocarbonyl (C=S) groups is 1. The summed E-state index contributed by atoms with van der Waals surface area (Å²) in [5.41, 5.74) is 3.90. The molecule has 1 saturated carbocycles. The van der Waals surface area contributed by atoms with Gasteiger partial charge in [0.15, 0.2) is 5.11 Å². The highest BCUT2D eigenvalue weighted by Gasteiger charge is 2.30. The highest BCUT2D eigenvalue weighted by molar-refractivity contribution is 7.80. The minimum Gasteiger partial charge on any atom is -0.497 e. The molecule has 2 aromatic rings. The van der Waals surface area contributed by atoms with Crippen LogP contribution in [-0.2, 0) is 13.1 Å². The fraction of sp³-hybridized carbons (Fsp3) is 0.409. The van der Waals surface area contributed by atoms with E-state index in [9.17, 15) is 0 Å². The van der Waals surface area contributed by atoms with Crippen molar-refractivity contribution >= 4 is 17.3 Å². The molecule has 1 aliphatic rings. The molecule has 138 valence electrons. The van der Waals surface area contributed by atoms with Crippen molar-refractivity contribution in [2.45, 2.75) is 51.7 Å². The smallest absolute Gasteiger partial charge is 0.169 e. The Morgan fingerprint density at radius 3 is 2.23 bits per heavy atom. The number of nitrogens with zero attached hydrogens (tertiary/aromatic N) is 1. The average Bonchev–Trinajstić information content (AvgIpc) is 3.50. The van der Waals surface area contributed by atoms with Crippen molar-refractivity contribution in [1.29, 1.82) is 0 Å². The number of ether oxygens (including phenoxy) is 1. The van der Waals surface area contributed by atoms with Gasteiger partial charge >= 0.3 is 0 Å². The summed E-state index contributed by atoms with van der Waals surface area (Å²) in [6, 6.07) is 17.6. The summed E-state index contributed by atoms with van der Waals surface area (Å²) in [6.45, 7) is 6.06. The molecule has 0 atom stereocenters. The average molecular weight is 369 g/mol. The van der Waals surface area contributed by atoms with Gasteiger partial charge < -0.3 is 15.0 Å². The van der Waals surface area contributed by atoms with E-state index < -0.39 is 0 Å². The van der Waals surface area contributed by atoms with Gasteiger partial charge in [-0.05, 0) is 59.8 Å². The lowest BCUT2D eigenvalue weighted by atomic mass is 10.0. The van der Waals surface area contributed by atoms with Crippen molar-refractivity contribution in [1.82, 2.24) is 10.2 Å².